The fraction of sp³-hybridized carbons (Fsp3) is 0.500. The molecule has 1 aromatic carbocycles. The van der Waals surface area contributed by atoms with Crippen LogP contribution in [0, 0.1) is 0 Å². The average molecular weight is 254 g/mol. The summed E-state index contributed by atoms with van der Waals surface area (Å²) in [6, 6.07) is 8.31. The number of carbonyl (C=O) groups is 1. The van der Waals surface area contributed by atoms with Gasteiger partial charge < -0.3 is 5.32 Å². The Hall–Kier alpha value is -1.02. The Balaban J connectivity index is 2.70. The Bertz CT molecular complexity index is 370. The fourth-order valence-electron chi connectivity index (χ4n) is 1.58. The van der Waals surface area contributed by atoms with Crippen molar-refractivity contribution in [2.24, 2.45) is 0 Å². The summed E-state index contributed by atoms with van der Waals surface area (Å²) in [7, 11) is 0. The molecule has 0 aliphatic heterocycles. The van der Waals surface area contributed by atoms with Gasteiger partial charge in [-0.15, -0.1) is 11.6 Å². The first-order chi connectivity index (χ1) is 7.91. The molecule has 0 aromatic heterocycles. The van der Waals surface area contributed by atoms with Crippen LogP contribution in [0.15, 0.2) is 24.3 Å². The molecule has 94 valence electrons. The van der Waals surface area contributed by atoms with Crippen LogP contribution < -0.4 is 5.32 Å². The third kappa shape index (κ3) is 4.04. The Labute approximate surface area is 108 Å². The molecular weight excluding hydrogens is 234 g/mol. The minimum Gasteiger partial charge on any atom is -0.348 e. The van der Waals surface area contributed by atoms with Crippen molar-refractivity contribution >= 4 is 17.5 Å². The maximum Gasteiger partial charge on any atom is 0.238 e. The number of amides is 1. The van der Waals surface area contributed by atoms with Crippen molar-refractivity contribution in [3.8, 4) is 0 Å². The predicted octanol–water partition coefficient (Wildman–Crippen LogP) is 3.61. The van der Waals surface area contributed by atoms with Crippen LogP contribution >= 0.6 is 11.6 Å². The van der Waals surface area contributed by atoms with Crippen molar-refractivity contribution < 1.29 is 4.79 Å². The van der Waals surface area contributed by atoms with Gasteiger partial charge in [-0.1, -0.05) is 38.1 Å². The van der Waals surface area contributed by atoms with Crippen LogP contribution in [0.4, 0.5) is 0 Å². The summed E-state index contributed by atoms with van der Waals surface area (Å²) in [5.41, 5.74) is 2.40. The molecule has 0 saturated carbocycles. The SMILES string of the molecule is CC(Cl)C(=O)NC(C)c1ccc(C(C)C)cc1. The van der Waals surface area contributed by atoms with Crippen molar-refractivity contribution in [3.05, 3.63) is 35.4 Å². The molecule has 0 aliphatic carbocycles. The van der Waals surface area contributed by atoms with E-state index in [1.807, 2.05) is 6.92 Å². The largest absolute Gasteiger partial charge is 0.348 e. The van der Waals surface area contributed by atoms with E-state index in [1.165, 1.54) is 5.56 Å². The summed E-state index contributed by atoms with van der Waals surface area (Å²) >= 11 is 5.71. The molecule has 0 fully saturated rings. The van der Waals surface area contributed by atoms with Crippen molar-refractivity contribution in [1.82, 2.24) is 5.32 Å². The van der Waals surface area contributed by atoms with Crippen LogP contribution in [-0.4, -0.2) is 11.3 Å². The van der Waals surface area contributed by atoms with Crippen LogP contribution in [0.25, 0.3) is 0 Å². The van der Waals surface area contributed by atoms with E-state index in [2.05, 4.69) is 43.4 Å². The molecule has 0 spiro atoms. The van der Waals surface area contributed by atoms with Crippen molar-refractivity contribution in [2.45, 2.75) is 45.0 Å². The lowest BCUT2D eigenvalue weighted by Crippen LogP contribution is -2.31. The molecule has 2 atom stereocenters. The van der Waals surface area contributed by atoms with Crippen LogP contribution in [0.2, 0.25) is 0 Å². The van der Waals surface area contributed by atoms with Gasteiger partial charge in [-0.2, -0.15) is 0 Å². The second-order valence-electron chi connectivity index (χ2n) is 4.67. The number of hydrogen-bond donors (Lipinski definition) is 1. The lowest BCUT2D eigenvalue weighted by molar-refractivity contribution is -0.121. The molecule has 0 heterocycles. The Kier molecular flexibility index (Phi) is 5.01. The van der Waals surface area contributed by atoms with Gasteiger partial charge in [-0.05, 0) is 30.9 Å². The number of nitrogens with one attached hydrogen (secondary N) is 1. The molecule has 1 N–H and O–H groups in total. The highest BCUT2D eigenvalue weighted by molar-refractivity contribution is 6.30. The minimum atomic E-state index is -0.493. The molecule has 3 heteroatoms. The van der Waals surface area contributed by atoms with Crippen molar-refractivity contribution in [1.29, 1.82) is 0 Å². The van der Waals surface area contributed by atoms with E-state index in [0.717, 1.165) is 5.56 Å². The van der Waals surface area contributed by atoms with Gasteiger partial charge in [0.15, 0.2) is 0 Å². The van der Waals surface area contributed by atoms with Gasteiger partial charge in [0.2, 0.25) is 5.91 Å². The van der Waals surface area contributed by atoms with Crippen LogP contribution in [0.3, 0.4) is 0 Å². The van der Waals surface area contributed by atoms with Gasteiger partial charge in [-0.25, -0.2) is 0 Å². The van der Waals surface area contributed by atoms with Crippen molar-refractivity contribution in [3.63, 3.8) is 0 Å². The number of hydrogen-bond acceptors (Lipinski definition) is 1. The molecule has 0 saturated heterocycles. The molecular formula is C14H20ClNO. The molecule has 0 bridgehead atoms. The first-order valence-electron chi connectivity index (χ1n) is 5.96. The molecule has 1 aromatic rings. The van der Waals surface area contributed by atoms with E-state index in [9.17, 15) is 4.79 Å². The number of carbonyl (C=O) groups excluding carboxylic acids is 1. The average Bonchev–Trinajstić information content (AvgIpc) is 2.28. The number of rotatable bonds is 4. The van der Waals surface area contributed by atoms with E-state index >= 15 is 0 Å². The van der Waals surface area contributed by atoms with Gasteiger partial charge in [0.05, 0.1) is 6.04 Å². The van der Waals surface area contributed by atoms with Gasteiger partial charge in [0.25, 0.3) is 0 Å². The molecule has 1 amide bonds. The molecule has 1 rings (SSSR count). The summed E-state index contributed by atoms with van der Waals surface area (Å²) in [4.78, 5) is 11.5. The lowest BCUT2D eigenvalue weighted by Gasteiger charge is -2.16. The number of alkyl halides is 1. The highest BCUT2D eigenvalue weighted by atomic mass is 35.5. The first-order valence-corrected chi connectivity index (χ1v) is 6.39. The molecule has 2 nitrogen and oxygen atoms in total. The Morgan fingerprint density at radius 1 is 1.06 bits per heavy atom. The smallest absolute Gasteiger partial charge is 0.238 e. The third-order valence-corrected chi connectivity index (χ3v) is 3.02. The second-order valence-corrected chi connectivity index (χ2v) is 5.32. The van der Waals surface area contributed by atoms with Gasteiger partial charge in [0.1, 0.15) is 5.38 Å². The van der Waals surface area contributed by atoms with Gasteiger partial charge in [0, 0.05) is 0 Å². The zero-order valence-corrected chi connectivity index (χ0v) is 11.6. The fourth-order valence-corrected chi connectivity index (χ4v) is 1.64. The van der Waals surface area contributed by atoms with Crippen molar-refractivity contribution in [2.75, 3.05) is 0 Å². The Morgan fingerprint density at radius 3 is 1.94 bits per heavy atom. The van der Waals surface area contributed by atoms with E-state index in [0.29, 0.717) is 5.92 Å². The predicted molar refractivity (Wildman–Crippen MR) is 72.4 cm³/mol. The summed E-state index contributed by atoms with van der Waals surface area (Å²) in [6.45, 7) is 7.96. The zero-order chi connectivity index (χ0) is 13.0. The summed E-state index contributed by atoms with van der Waals surface area (Å²) < 4.78 is 0. The standard InChI is InChI=1S/C14H20ClNO/c1-9(2)12-5-7-13(8-6-12)11(4)16-14(17)10(3)15/h5-11H,1-4H3,(H,16,17). The number of benzene rings is 1. The summed E-state index contributed by atoms with van der Waals surface area (Å²) in [5, 5.41) is 2.38. The van der Waals surface area contributed by atoms with E-state index in [1.54, 1.807) is 6.92 Å². The highest BCUT2D eigenvalue weighted by Crippen LogP contribution is 2.18. The quantitative estimate of drug-likeness (QED) is 0.816. The number of halogens is 1. The zero-order valence-electron chi connectivity index (χ0n) is 10.8. The van der Waals surface area contributed by atoms with Crippen LogP contribution in [0.1, 0.15) is 50.8 Å². The molecule has 0 radical (unpaired) electrons. The topological polar surface area (TPSA) is 29.1 Å². The maximum absolute atomic E-state index is 11.5. The molecule has 0 aliphatic rings. The van der Waals surface area contributed by atoms with Crippen LogP contribution in [0.5, 0.6) is 0 Å². The van der Waals surface area contributed by atoms with Gasteiger partial charge in [-0.3, -0.25) is 4.79 Å². The monoisotopic (exact) mass is 253 g/mol. The van der Waals surface area contributed by atoms with E-state index in [4.69, 9.17) is 11.6 Å². The van der Waals surface area contributed by atoms with E-state index < -0.39 is 5.38 Å². The molecule has 2 unspecified atom stereocenters. The second kappa shape index (κ2) is 6.06. The van der Waals surface area contributed by atoms with Crippen LogP contribution in [-0.2, 0) is 4.79 Å². The van der Waals surface area contributed by atoms with E-state index in [-0.39, 0.29) is 11.9 Å². The highest BCUT2D eigenvalue weighted by Gasteiger charge is 2.13. The first kappa shape index (κ1) is 14.0. The molecule has 17 heavy (non-hydrogen) atoms. The maximum atomic E-state index is 11.5. The normalized spacial score (nSPS) is 14.5. The summed E-state index contributed by atoms with van der Waals surface area (Å²) in [6.07, 6.45) is 0. The third-order valence-electron chi connectivity index (χ3n) is 2.82. The Morgan fingerprint density at radius 2 is 1.53 bits per heavy atom. The summed E-state index contributed by atoms with van der Waals surface area (Å²) in [5.74, 6) is 0.393. The lowest BCUT2D eigenvalue weighted by atomic mass is 9.99. The minimum absolute atomic E-state index is 0.00934. The van der Waals surface area contributed by atoms with Gasteiger partial charge >= 0.3 is 0 Å².